The summed E-state index contributed by atoms with van der Waals surface area (Å²) in [5.41, 5.74) is 2.25. The molecule has 2 aromatic carbocycles. The number of hydrogen-bond acceptors (Lipinski definition) is 1. The summed E-state index contributed by atoms with van der Waals surface area (Å²) in [7, 11) is 0. The third kappa shape index (κ3) is 1.42. The zero-order chi connectivity index (χ0) is 11.0. The Morgan fingerprint density at radius 1 is 0.875 bits per heavy atom. The van der Waals surface area contributed by atoms with Gasteiger partial charge in [-0.25, -0.2) is 0 Å². The van der Waals surface area contributed by atoms with Crippen LogP contribution in [0.4, 0.5) is 0 Å². The van der Waals surface area contributed by atoms with Gasteiger partial charge in [0.25, 0.3) is 0 Å². The quantitative estimate of drug-likeness (QED) is 0.579. The second kappa shape index (κ2) is 3.72. The summed E-state index contributed by atoms with van der Waals surface area (Å²) in [6, 6.07) is 16.6. The zero-order valence-electron chi connectivity index (χ0n) is 8.64. The molecular formula is C14H11NS. The van der Waals surface area contributed by atoms with Crippen LogP contribution < -0.4 is 0 Å². The normalized spacial score (nSPS) is 10.8. The Morgan fingerprint density at radius 2 is 1.75 bits per heavy atom. The Balaban J connectivity index is 2.32. The van der Waals surface area contributed by atoms with Gasteiger partial charge in [0, 0.05) is 22.3 Å². The van der Waals surface area contributed by atoms with Crippen LogP contribution >= 0.6 is 12.6 Å². The summed E-state index contributed by atoms with van der Waals surface area (Å²) in [4.78, 5) is 4.24. The van der Waals surface area contributed by atoms with E-state index in [2.05, 4.69) is 47.9 Å². The number of aromatic nitrogens is 1. The molecule has 0 saturated carbocycles. The molecule has 1 nitrogen and oxygen atoms in total. The van der Waals surface area contributed by atoms with E-state index in [4.69, 9.17) is 0 Å². The highest BCUT2D eigenvalue weighted by molar-refractivity contribution is 7.80. The van der Waals surface area contributed by atoms with E-state index in [0.717, 1.165) is 16.2 Å². The van der Waals surface area contributed by atoms with Crippen molar-refractivity contribution in [1.82, 2.24) is 4.98 Å². The van der Waals surface area contributed by atoms with Gasteiger partial charge < -0.3 is 4.98 Å². The van der Waals surface area contributed by atoms with Gasteiger partial charge in [0.2, 0.25) is 0 Å². The molecule has 0 fully saturated rings. The van der Waals surface area contributed by atoms with Crippen molar-refractivity contribution in [2.45, 2.75) is 4.90 Å². The highest BCUT2D eigenvalue weighted by Gasteiger charge is 2.06. The van der Waals surface area contributed by atoms with Gasteiger partial charge in [-0.05, 0) is 22.9 Å². The minimum atomic E-state index is 1.03. The van der Waals surface area contributed by atoms with Crippen LogP contribution in [0.5, 0.6) is 0 Å². The summed E-state index contributed by atoms with van der Waals surface area (Å²) in [6.07, 6.45) is 1.93. The molecule has 0 aliphatic rings. The smallest absolute Gasteiger partial charge is 0.0465 e. The van der Waals surface area contributed by atoms with E-state index in [-0.39, 0.29) is 0 Å². The standard InChI is InChI=1S/C14H11NS/c16-14-11-5-2-1-4-10(11)7-8-12(14)13-6-3-9-15-13/h1-9,15-16H. The zero-order valence-corrected chi connectivity index (χ0v) is 9.54. The summed E-state index contributed by atoms with van der Waals surface area (Å²) in [6.45, 7) is 0. The summed E-state index contributed by atoms with van der Waals surface area (Å²) >= 11 is 4.63. The molecule has 0 amide bonds. The van der Waals surface area contributed by atoms with E-state index >= 15 is 0 Å². The summed E-state index contributed by atoms with van der Waals surface area (Å²) in [5, 5.41) is 2.42. The molecule has 0 atom stereocenters. The van der Waals surface area contributed by atoms with Gasteiger partial charge in [-0.3, -0.25) is 0 Å². The fourth-order valence-electron chi connectivity index (χ4n) is 1.97. The molecule has 3 rings (SSSR count). The molecule has 2 heteroatoms. The number of fused-ring (bicyclic) bond motifs is 1. The van der Waals surface area contributed by atoms with Crippen LogP contribution in [0.3, 0.4) is 0 Å². The Labute approximate surface area is 99.5 Å². The number of thiol groups is 1. The summed E-state index contributed by atoms with van der Waals surface area (Å²) < 4.78 is 0. The number of nitrogens with one attached hydrogen (secondary N) is 1. The minimum absolute atomic E-state index is 1.03. The minimum Gasteiger partial charge on any atom is -0.361 e. The van der Waals surface area contributed by atoms with Gasteiger partial charge >= 0.3 is 0 Å². The molecule has 0 radical (unpaired) electrons. The fraction of sp³-hybridized carbons (Fsp3) is 0. The molecule has 3 aromatic rings. The Bertz CT molecular complexity index is 626. The number of aromatic amines is 1. The molecule has 1 N–H and O–H groups in total. The lowest BCUT2D eigenvalue weighted by Gasteiger charge is -2.07. The third-order valence-corrected chi connectivity index (χ3v) is 3.27. The average molecular weight is 225 g/mol. The van der Waals surface area contributed by atoms with Crippen LogP contribution in [0.2, 0.25) is 0 Å². The molecule has 16 heavy (non-hydrogen) atoms. The first-order valence-corrected chi connectivity index (χ1v) is 5.65. The van der Waals surface area contributed by atoms with Gasteiger partial charge in [0.15, 0.2) is 0 Å². The maximum absolute atomic E-state index is 4.63. The van der Waals surface area contributed by atoms with Crippen LogP contribution in [0, 0.1) is 0 Å². The van der Waals surface area contributed by atoms with Crippen molar-refractivity contribution in [2.75, 3.05) is 0 Å². The molecule has 1 heterocycles. The van der Waals surface area contributed by atoms with Crippen LogP contribution in [-0.4, -0.2) is 4.98 Å². The second-order valence-corrected chi connectivity index (χ2v) is 4.21. The van der Waals surface area contributed by atoms with Crippen molar-refractivity contribution in [3.8, 4) is 11.3 Å². The average Bonchev–Trinajstić information content (AvgIpc) is 2.83. The van der Waals surface area contributed by atoms with E-state index in [1.165, 1.54) is 10.8 Å². The highest BCUT2D eigenvalue weighted by Crippen LogP contribution is 2.31. The van der Waals surface area contributed by atoms with Crippen molar-refractivity contribution in [2.24, 2.45) is 0 Å². The first-order chi connectivity index (χ1) is 7.86. The van der Waals surface area contributed by atoms with Crippen LogP contribution in [0.1, 0.15) is 0 Å². The predicted molar refractivity (Wildman–Crippen MR) is 71.0 cm³/mol. The maximum Gasteiger partial charge on any atom is 0.0465 e. The molecule has 1 aromatic heterocycles. The largest absolute Gasteiger partial charge is 0.361 e. The van der Waals surface area contributed by atoms with Gasteiger partial charge in [0.1, 0.15) is 0 Å². The lowest BCUT2D eigenvalue weighted by Crippen LogP contribution is -1.82. The third-order valence-electron chi connectivity index (χ3n) is 2.79. The highest BCUT2D eigenvalue weighted by atomic mass is 32.1. The van der Waals surface area contributed by atoms with E-state index in [9.17, 15) is 0 Å². The molecule has 0 aliphatic carbocycles. The lowest BCUT2D eigenvalue weighted by molar-refractivity contribution is 1.37. The van der Waals surface area contributed by atoms with Crippen LogP contribution in [-0.2, 0) is 0 Å². The van der Waals surface area contributed by atoms with E-state index in [1.807, 2.05) is 24.4 Å². The molecule has 0 bridgehead atoms. The number of H-pyrrole nitrogens is 1. The van der Waals surface area contributed by atoms with Gasteiger partial charge in [-0.15, -0.1) is 12.6 Å². The van der Waals surface area contributed by atoms with Crippen molar-refractivity contribution in [1.29, 1.82) is 0 Å². The first-order valence-electron chi connectivity index (χ1n) is 5.21. The van der Waals surface area contributed by atoms with Crippen LogP contribution in [0.15, 0.2) is 59.6 Å². The van der Waals surface area contributed by atoms with Gasteiger partial charge in [0.05, 0.1) is 0 Å². The molecule has 0 spiro atoms. The first kappa shape index (κ1) is 9.55. The monoisotopic (exact) mass is 225 g/mol. The molecule has 0 aliphatic heterocycles. The van der Waals surface area contributed by atoms with Crippen LogP contribution in [0.25, 0.3) is 22.0 Å². The Kier molecular flexibility index (Phi) is 2.22. The Hall–Kier alpha value is -1.67. The van der Waals surface area contributed by atoms with Crippen molar-refractivity contribution >= 4 is 23.4 Å². The van der Waals surface area contributed by atoms with Crippen molar-refractivity contribution < 1.29 is 0 Å². The van der Waals surface area contributed by atoms with Gasteiger partial charge in [-0.2, -0.15) is 0 Å². The number of benzene rings is 2. The van der Waals surface area contributed by atoms with Crippen molar-refractivity contribution in [3.05, 3.63) is 54.7 Å². The fourth-order valence-corrected chi connectivity index (χ4v) is 2.37. The molecular weight excluding hydrogens is 214 g/mol. The SMILES string of the molecule is Sc1c(-c2ccc[nH]2)ccc2ccccc12. The van der Waals surface area contributed by atoms with Gasteiger partial charge in [-0.1, -0.05) is 36.4 Å². The molecule has 0 unspecified atom stereocenters. The molecule has 0 saturated heterocycles. The lowest BCUT2D eigenvalue weighted by atomic mass is 10.1. The number of hydrogen-bond donors (Lipinski definition) is 2. The van der Waals surface area contributed by atoms with E-state index in [0.29, 0.717) is 0 Å². The second-order valence-electron chi connectivity index (χ2n) is 3.77. The Morgan fingerprint density at radius 3 is 2.56 bits per heavy atom. The topological polar surface area (TPSA) is 15.8 Å². The van der Waals surface area contributed by atoms with E-state index in [1.54, 1.807) is 0 Å². The predicted octanol–water partition coefficient (Wildman–Crippen LogP) is 4.12. The van der Waals surface area contributed by atoms with Crippen molar-refractivity contribution in [3.63, 3.8) is 0 Å². The number of rotatable bonds is 1. The summed E-state index contributed by atoms with van der Waals surface area (Å²) in [5.74, 6) is 0. The van der Waals surface area contributed by atoms with E-state index < -0.39 is 0 Å². The molecule has 78 valence electrons. The maximum atomic E-state index is 4.63.